The fourth-order valence-electron chi connectivity index (χ4n) is 2.24. The summed E-state index contributed by atoms with van der Waals surface area (Å²) in [5.41, 5.74) is 0.0140. The number of carboxylic acid groups (broad SMARTS) is 1. The summed E-state index contributed by atoms with van der Waals surface area (Å²) in [5, 5.41) is 11.6. The fraction of sp³-hybridized carbons (Fsp3) is 0.429. The van der Waals surface area contributed by atoms with Crippen LogP contribution in [0.2, 0.25) is 0 Å². The van der Waals surface area contributed by atoms with Gasteiger partial charge in [0.2, 0.25) is 0 Å². The Labute approximate surface area is 116 Å². The summed E-state index contributed by atoms with van der Waals surface area (Å²) in [6.45, 7) is 3.88. The number of amides is 2. The van der Waals surface area contributed by atoms with Crippen LogP contribution in [0.5, 0.6) is 0 Å². The average Bonchev–Trinajstić information content (AvgIpc) is 2.78. The van der Waals surface area contributed by atoms with Gasteiger partial charge in [0, 0.05) is 13.1 Å². The summed E-state index contributed by atoms with van der Waals surface area (Å²) in [6.07, 6.45) is 0.395. The maximum atomic E-state index is 13.6. The highest BCUT2D eigenvalue weighted by atomic mass is 19.1. The number of nitrogens with one attached hydrogen (secondary N) is 1. The van der Waals surface area contributed by atoms with Crippen molar-refractivity contribution in [2.24, 2.45) is 5.41 Å². The third-order valence-corrected chi connectivity index (χ3v) is 3.64. The van der Waals surface area contributed by atoms with Crippen molar-refractivity contribution < 1.29 is 19.1 Å². The molecule has 1 unspecified atom stereocenters. The molecule has 6 heteroatoms. The van der Waals surface area contributed by atoms with E-state index in [4.69, 9.17) is 5.11 Å². The number of likely N-dealkylation sites (tertiary alicyclic amines) is 1. The number of carboxylic acids is 1. The minimum Gasteiger partial charge on any atom is -0.481 e. The normalized spacial score (nSPS) is 21.9. The molecule has 1 aromatic carbocycles. The third-order valence-electron chi connectivity index (χ3n) is 3.64. The summed E-state index contributed by atoms with van der Waals surface area (Å²) in [4.78, 5) is 24.6. The first-order valence-corrected chi connectivity index (χ1v) is 6.37. The van der Waals surface area contributed by atoms with Crippen LogP contribution < -0.4 is 5.32 Å². The molecular weight excluding hydrogens is 263 g/mol. The van der Waals surface area contributed by atoms with Crippen LogP contribution in [-0.2, 0) is 4.79 Å². The van der Waals surface area contributed by atoms with Gasteiger partial charge in [-0.25, -0.2) is 9.18 Å². The van der Waals surface area contributed by atoms with E-state index in [1.54, 1.807) is 26.0 Å². The van der Waals surface area contributed by atoms with Crippen molar-refractivity contribution in [2.45, 2.75) is 20.3 Å². The molecule has 1 aliphatic rings. The number of aliphatic carboxylic acids is 1. The molecule has 1 aromatic rings. The van der Waals surface area contributed by atoms with Crippen molar-refractivity contribution in [3.8, 4) is 0 Å². The highest BCUT2D eigenvalue weighted by molar-refractivity contribution is 5.90. The molecule has 1 heterocycles. The monoisotopic (exact) mass is 280 g/mol. The van der Waals surface area contributed by atoms with Gasteiger partial charge in [-0.3, -0.25) is 4.79 Å². The molecule has 0 saturated carbocycles. The van der Waals surface area contributed by atoms with E-state index in [-0.39, 0.29) is 12.2 Å². The van der Waals surface area contributed by atoms with Crippen LogP contribution in [0.25, 0.3) is 0 Å². The van der Waals surface area contributed by atoms with Gasteiger partial charge in [-0.1, -0.05) is 6.07 Å². The third kappa shape index (κ3) is 2.74. The lowest BCUT2D eigenvalue weighted by atomic mass is 9.90. The van der Waals surface area contributed by atoms with Crippen LogP contribution in [0.4, 0.5) is 14.9 Å². The van der Waals surface area contributed by atoms with Gasteiger partial charge in [0.25, 0.3) is 0 Å². The van der Waals surface area contributed by atoms with Crippen molar-refractivity contribution in [2.75, 3.05) is 18.4 Å². The number of hydrogen-bond acceptors (Lipinski definition) is 2. The number of halogens is 1. The summed E-state index contributed by atoms with van der Waals surface area (Å²) >= 11 is 0. The van der Waals surface area contributed by atoms with Gasteiger partial charge >= 0.3 is 12.0 Å². The number of anilines is 1. The zero-order valence-corrected chi connectivity index (χ0v) is 11.4. The second kappa shape index (κ2) is 5.11. The predicted molar refractivity (Wildman–Crippen MR) is 72.1 cm³/mol. The fourth-order valence-corrected chi connectivity index (χ4v) is 2.24. The zero-order chi connectivity index (χ0) is 14.9. The SMILES string of the molecule is Cc1ccc(F)c(NC(=O)N2CCC(C)(C(=O)O)C2)c1. The van der Waals surface area contributed by atoms with Crippen LogP contribution in [0.15, 0.2) is 18.2 Å². The van der Waals surface area contributed by atoms with Gasteiger partial charge in [0.15, 0.2) is 0 Å². The molecule has 108 valence electrons. The smallest absolute Gasteiger partial charge is 0.321 e. The lowest BCUT2D eigenvalue weighted by Crippen LogP contribution is -2.37. The van der Waals surface area contributed by atoms with E-state index < -0.39 is 23.2 Å². The predicted octanol–water partition coefficient (Wildman–Crippen LogP) is 2.46. The number of rotatable bonds is 2. The molecule has 0 bridgehead atoms. The molecule has 2 rings (SSSR count). The number of carbonyl (C=O) groups is 2. The highest BCUT2D eigenvalue weighted by Gasteiger charge is 2.42. The Hall–Kier alpha value is -2.11. The largest absolute Gasteiger partial charge is 0.481 e. The molecule has 1 fully saturated rings. The first-order valence-electron chi connectivity index (χ1n) is 6.37. The topological polar surface area (TPSA) is 69.6 Å². The Bertz CT molecular complexity index is 561. The highest BCUT2D eigenvalue weighted by Crippen LogP contribution is 2.30. The molecule has 1 atom stereocenters. The van der Waals surface area contributed by atoms with Crippen molar-refractivity contribution in [1.29, 1.82) is 0 Å². The number of urea groups is 1. The van der Waals surface area contributed by atoms with Gasteiger partial charge in [0.05, 0.1) is 11.1 Å². The Morgan fingerprint density at radius 2 is 2.15 bits per heavy atom. The number of nitrogens with zero attached hydrogens (tertiary/aromatic N) is 1. The molecule has 0 spiro atoms. The molecule has 1 aliphatic heterocycles. The number of carbonyl (C=O) groups excluding carboxylic acids is 1. The second-order valence-corrected chi connectivity index (χ2v) is 5.45. The molecule has 20 heavy (non-hydrogen) atoms. The maximum Gasteiger partial charge on any atom is 0.321 e. The van der Waals surface area contributed by atoms with Gasteiger partial charge in [-0.2, -0.15) is 0 Å². The summed E-state index contributed by atoms with van der Waals surface area (Å²) < 4.78 is 13.6. The Morgan fingerprint density at radius 1 is 1.45 bits per heavy atom. The number of aryl methyl sites for hydroxylation is 1. The number of hydrogen-bond donors (Lipinski definition) is 2. The van der Waals surface area contributed by atoms with E-state index in [0.29, 0.717) is 13.0 Å². The molecular formula is C14H17FN2O3. The van der Waals surface area contributed by atoms with Gasteiger partial charge < -0.3 is 15.3 Å². The van der Waals surface area contributed by atoms with Crippen LogP contribution in [0, 0.1) is 18.2 Å². The minimum absolute atomic E-state index is 0.110. The van der Waals surface area contributed by atoms with Crippen LogP contribution in [-0.4, -0.2) is 35.1 Å². The van der Waals surface area contributed by atoms with Crippen molar-refractivity contribution in [3.63, 3.8) is 0 Å². The number of benzene rings is 1. The Morgan fingerprint density at radius 3 is 2.75 bits per heavy atom. The van der Waals surface area contributed by atoms with Gasteiger partial charge in [0.1, 0.15) is 5.82 Å². The van der Waals surface area contributed by atoms with Crippen LogP contribution in [0.3, 0.4) is 0 Å². The van der Waals surface area contributed by atoms with E-state index in [2.05, 4.69) is 5.32 Å². The first kappa shape index (κ1) is 14.3. The van der Waals surface area contributed by atoms with Crippen LogP contribution >= 0.6 is 0 Å². The van der Waals surface area contributed by atoms with E-state index in [1.807, 2.05) is 0 Å². The summed E-state index contributed by atoms with van der Waals surface area (Å²) in [5.74, 6) is -1.43. The Balaban J connectivity index is 2.07. The van der Waals surface area contributed by atoms with E-state index in [1.165, 1.54) is 11.0 Å². The van der Waals surface area contributed by atoms with Crippen molar-refractivity contribution in [1.82, 2.24) is 4.90 Å². The van der Waals surface area contributed by atoms with E-state index in [0.717, 1.165) is 5.56 Å². The lowest BCUT2D eigenvalue weighted by molar-refractivity contribution is -0.146. The molecule has 2 N–H and O–H groups in total. The first-order chi connectivity index (χ1) is 9.32. The summed E-state index contributed by atoms with van der Waals surface area (Å²) in [6, 6.07) is 3.97. The summed E-state index contributed by atoms with van der Waals surface area (Å²) in [7, 11) is 0. The minimum atomic E-state index is -0.928. The van der Waals surface area contributed by atoms with Gasteiger partial charge in [-0.15, -0.1) is 0 Å². The molecule has 0 aliphatic carbocycles. The van der Waals surface area contributed by atoms with Crippen LogP contribution in [0.1, 0.15) is 18.9 Å². The second-order valence-electron chi connectivity index (χ2n) is 5.45. The lowest BCUT2D eigenvalue weighted by Gasteiger charge is -2.20. The zero-order valence-electron chi connectivity index (χ0n) is 11.4. The van der Waals surface area contributed by atoms with Gasteiger partial charge in [-0.05, 0) is 38.0 Å². The molecule has 0 radical (unpaired) electrons. The molecule has 5 nitrogen and oxygen atoms in total. The molecule has 0 aromatic heterocycles. The van der Waals surface area contributed by atoms with E-state index >= 15 is 0 Å². The quantitative estimate of drug-likeness (QED) is 0.874. The molecule has 2 amide bonds. The maximum absolute atomic E-state index is 13.6. The molecule has 1 saturated heterocycles. The Kier molecular flexibility index (Phi) is 3.65. The standard InChI is InChI=1S/C14H17FN2O3/c1-9-3-4-10(15)11(7-9)16-13(20)17-6-5-14(2,8-17)12(18)19/h3-4,7H,5-6,8H2,1-2H3,(H,16,20)(H,18,19). The van der Waals surface area contributed by atoms with E-state index in [9.17, 15) is 14.0 Å². The average molecular weight is 280 g/mol. The van der Waals surface area contributed by atoms with Crippen molar-refractivity contribution >= 4 is 17.7 Å². The van der Waals surface area contributed by atoms with Crippen molar-refractivity contribution in [3.05, 3.63) is 29.6 Å².